The van der Waals surface area contributed by atoms with E-state index in [1.54, 1.807) is 17.4 Å². The lowest BCUT2D eigenvalue weighted by Gasteiger charge is -2.02. The zero-order valence-corrected chi connectivity index (χ0v) is 9.89. The molecule has 0 radical (unpaired) electrons. The highest BCUT2D eigenvalue weighted by molar-refractivity contribution is 9.11. The van der Waals surface area contributed by atoms with E-state index in [9.17, 15) is 0 Å². The van der Waals surface area contributed by atoms with Crippen molar-refractivity contribution in [1.82, 2.24) is 0 Å². The van der Waals surface area contributed by atoms with E-state index >= 15 is 0 Å². The minimum Gasteiger partial charge on any atom is -0.423 e. The lowest BCUT2D eigenvalue weighted by molar-refractivity contribution is 0.426. The lowest BCUT2D eigenvalue weighted by atomic mass is 9.78. The van der Waals surface area contributed by atoms with Gasteiger partial charge in [-0.2, -0.15) is 0 Å². The molecule has 0 aliphatic heterocycles. The average molecular weight is 271 g/mol. The maximum atomic E-state index is 9.17. The van der Waals surface area contributed by atoms with Gasteiger partial charge in [0, 0.05) is 4.70 Å². The van der Waals surface area contributed by atoms with Crippen LogP contribution in [-0.4, -0.2) is 17.2 Å². The second-order valence-electron chi connectivity index (χ2n) is 3.14. The first-order chi connectivity index (χ1) is 6.59. The van der Waals surface area contributed by atoms with Crippen LogP contribution in [0.2, 0.25) is 0 Å². The lowest BCUT2D eigenvalue weighted by Crippen LogP contribution is -2.30. The largest absolute Gasteiger partial charge is 0.489 e. The van der Waals surface area contributed by atoms with Crippen molar-refractivity contribution in [3.63, 3.8) is 0 Å². The maximum Gasteiger partial charge on any atom is 0.489 e. The van der Waals surface area contributed by atoms with E-state index in [1.807, 2.05) is 19.1 Å². The van der Waals surface area contributed by atoms with Crippen molar-refractivity contribution in [2.24, 2.45) is 0 Å². The third-order valence-electron chi connectivity index (χ3n) is 2.16. The number of aryl methyl sites for hydroxylation is 1. The summed E-state index contributed by atoms with van der Waals surface area (Å²) in [6.45, 7) is 2.01. The fraction of sp³-hybridized carbons (Fsp3) is 0.111. The van der Waals surface area contributed by atoms with Gasteiger partial charge in [-0.25, -0.2) is 0 Å². The Kier molecular flexibility index (Phi) is 2.66. The summed E-state index contributed by atoms with van der Waals surface area (Å²) >= 11 is 5.00. The van der Waals surface area contributed by atoms with Gasteiger partial charge in [-0.1, -0.05) is 12.1 Å². The Balaban J connectivity index is 2.81. The molecular weight excluding hydrogens is 263 g/mol. The second kappa shape index (κ2) is 3.66. The summed E-state index contributed by atoms with van der Waals surface area (Å²) in [5.74, 6) is 0. The van der Waals surface area contributed by atoms with Crippen molar-refractivity contribution in [3.05, 3.63) is 27.5 Å². The van der Waals surface area contributed by atoms with Crippen LogP contribution in [0, 0.1) is 6.92 Å². The summed E-state index contributed by atoms with van der Waals surface area (Å²) in [4.78, 5) is 0. The molecule has 0 unspecified atom stereocenters. The highest BCUT2D eigenvalue weighted by Gasteiger charge is 2.16. The molecule has 0 fully saturated rings. The molecule has 2 rings (SSSR count). The van der Waals surface area contributed by atoms with Gasteiger partial charge in [0.15, 0.2) is 0 Å². The Morgan fingerprint density at radius 2 is 2.07 bits per heavy atom. The van der Waals surface area contributed by atoms with Gasteiger partial charge in [-0.15, -0.1) is 11.3 Å². The van der Waals surface area contributed by atoms with Crippen LogP contribution in [0.5, 0.6) is 0 Å². The molecule has 0 saturated carbocycles. The standard InChI is InChI=1S/C9H8BBrO2S/c1-5-2-3-7(10(12)13)6-4-8(11)14-9(5)6/h2-4,12-13H,1H3. The van der Waals surface area contributed by atoms with Gasteiger partial charge in [0.2, 0.25) is 0 Å². The monoisotopic (exact) mass is 270 g/mol. The van der Waals surface area contributed by atoms with Gasteiger partial charge in [-0.05, 0) is 45.3 Å². The highest BCUT2D eigenvalue weighted by atomic mass is 79.9. The summed E-state index contributed by atoms with van der Waals surface area (Å²) < 4.78 is 2.10. The topological polar surface area (TPSA) is 40.5 Å². The van der Waals surface area contributed by atoms with E-state index in [0.717, 1.165) is 19.4 Å². The second-order valence-corrected chi connectivity index (χ2v) is 5.57. The molecule has 2 aromatic rings. The number of halogens is 1. The molecular formula is C9H8BBrO2S. The third kappa shape index (κ3) is 1.61. The van der Waals surface area contributed by atoms with Crippen LogP contribution in [0.4, 0.5) is 0 Å². The summed E-state index contributed by atoms with van der Waals surface area (Å²) in [5.41, 5.74) is 1.72. The number of fused-ring (bicyclic) bond motifs is 1. The SMILES string of the molecule is Cc1ccc(B(O)O)c2cc(Br)sc12. The normalized spacial score (nSPS) is 10.9. The van der Waals surface area contributed by atoms with E-state index in [4.69, 9.17) is 10.0 Å². The molecule has 0 saturated heterocycles. The van der Waals surface area contributed by atoms with E-state index in [0.29, 0.717) is 5.46 Å². The van der Waals surface area contributed by atoms with Gasteiger partial charge >= 0.3 is 7.12 Å². The number of benzene rings is 1. The fourth-order valence-electron chi connectivity index (χ4n) is 1.47. The molecule has 5 heteroatoms. The molecule has 0 aliphatic carbocycles. The first-order valence-corrected chi connectivity index (χ1v) is 5.75. The first kappa shape index (κ1) is 10.2. The van der Waals surface area contributed by atoms with Gasteiger partial charge in [0.05, 0.1) is 3.79 Å². The number of rotatable bonds is 1. The van der Waals surface area contributed by atoms with E-state index in [2.05, 4.69) is 15.9 Å². The molecule has 1 heterocycles. The predicted molar refractivity (Wildman–Crippen MR) is 64.1 cm³/mol. The Bertz CT molecular complexity index is 481. The van der Waals surface area contributed by atoms with Crippen molar-refractivity contribution < 1.29 is 10.0 Å². The van der Waals surface area contributed by atoms with Crippen molar-refractivity contribution in [3.8, 4) is 0 Å². The number of thiophene rings is 1. The summed E-state index contributed by atoms with van der Waals surface area (Å²) in [7, 11) is -1.40. The minimum atomic E-state index is -1.40. The highest BCUT2D eigenvalue weighted by Crippen LogP contribution is 2.30. The molecule has 2 N–H and O–H groups in total. The maximum absolute atomic E-state index is 9.17. The molecule has 72 valence electrons. The van der Waals surface area contributed by atoms with Crippen LogP contribution >= 0.6 is 27.3 Å². The Morgan fingerprint density at radius 3 is 2.71 bits per heavy atom. The van der Waals surface area contributed by atoms with E-state index < -0.39 is 7.12 Å². The average Bonchev–Trinajstić information content (AvgIpc) is 2.47. The molecule has 2 nitrogen and oxygen atoms in total. The molecule has 14 heavy (non-hydrogen) atoms. The number of hydrogen-bond acceptors (Lipinski definition) is 3. The molecule has 0 bridgehead atoms. The molecule has 0 atom stereocenters. The number of hydrogen-bond donors (Lipinski definition) is 2. The molecule has 1 aromatic heterocycles. The smallest absolute Gasteiger partial charge is 0.423 e. The Morgan fingerprint density at radius 1 is 1.36 bits per heavy atom. The third-order valence-corrected chi connectivity index (χ3v) is 3.94. The summed E-state index contributed by atoms with van der Waals surface area (Å²) in [5, 5.41) is 19.2. The minimum absolute atomic E-state index is 0.563. The van der Waals surface area contributed by atoms with Crippen molar-refractivity contribution in [2.75, 3.05) is 0 Å². The van der Waals surface area contributed by atoms with Crippen LogP contribution in [-0.2, 0) is 0 Å². The quantitative estimate of drug-likeness (QED) is 0.774. The zero-order chi connectivity index (χ0) is 10.3. The fourth-order valence-corrected chi connectivity index (χ4v) is 3.08. The van der Waals surface area contributed by atoms with Gasteiger partial charge in [-0.3, -0.25) is 0 Å². The van der Waals surface area contributed by atoms with Crippen LogP contribution in [0.15, 0.2) is 22.0 Å². The van der Waals surface area contributed by atoms with Crippen molar-refractivity contribution >= 4 is 49.9 Å². The van der Waals surface area contributed by atoms with Crippen LogP contribution in [0.3, 0.4) is 0 Å². The van der Waals surface area contributed by atoms with E-state index in [-0.39, 0.29) is 0 Å². The van der Waals surface area contributed by atoms with Crippen molar-refractivity contribution in [1.29, 1.82) is 0 Å². The molecule has 0 amide bonds. The Labute approximate surface area is 94.5 Å². The van der Waals surface area contributed by atoms with Gasteiger partial charge in [0.1, 0.15) is 0 Å². The summed E-state index contributed by atoms with van der Waals surface area (Å²) in [6.07, 6.45) is 0. The van der Waals surface area contributed by atoms with Crippen LogP contribution < -0.4 is 5.46 Å². The van der Waals surface area contributed by atoms with Crippen LogP contribution in [0.1, 0.15) is 5.56 Å². The van der Waals surface area contributed by atoms with Gasteiger partial charge in [0.25, 0.3) is 0 Å². The van der Waals surface area contributed by atoms with Gasteiger partial charge < -0.3 is 10.0 Å². The molecule has 0 aliphatic rings. The summed E-state index contributed by atoms with van der Waals surface area (Å²) in [6, 6.07) is 5.57. The van der Waals surface area contributed by atoms with Crippen LogP contribution in [0.25, 0.3) is 10.1 Å². The van der Waals surface area contributed by atoms with Crippen molar-refractivity contribution in [2.45, 2.75) is 6.92 Å². The molecule has 1 aromatic carbocycles. The first-order valence-electron chi connectivity index (χ1n) is 4.14. The molecule has 0 spiro atoms. The van der Waals surface area contributed by atoms with E-state index in [1.165, 1.54) is 0 Å². The predicted octanol–water partition coefficient (Wildman–Crippen LogP) is 1.65. The zero-order valence-electron chi connectivity index (χ0n) is 7.49. The Hall–Kier alpha value is -0.355.